The summed E-state index contributed by atoms with van der Waals surface area (Å²) in [5, 5.41) is 14.8. The van der Waals surface area contributed by atoms with E-state index in [1.165, 1.54) is 18.1 Å². The third kappa shape index (κ3) is 4.82. The molecule has 1 aliphatic rings. The van der Waals surface area contributed by atoms with E-state index in [1.807, 2.05) is 0 Å². The van der Waals surface area contributed by atoms with E-state index in [-0.39, 0.29) is 17.4 Å². The van der Waals surface area contributed by atoms with Gasteiger partial charge in [0, 0.05) is 6.04 Å². The Bertz CT molecular complexity index is 636. The summed E-state index contributed by atoms with van der Waals surface area (Å²) in [4.78, 5) is 25.3. The number of amides is 1. The highest BCUT2D eigenvalue weighted by atomic mass is 16.6. The Morgan fingerprint density at radius 1 is 1.32 bits per heavy atom. The molecule has 1 aliphatic heterocycles. The van der Waals surface area contributed by atoms with E-state index in [0.717, 1.165) is 13.1 Å². The van der Waals surface area contributed by atoms with Crippen molar-refractivity contribution < 1.29 is 19.2 Å². The van der Waals surface area contributed by atoms with Gasteiger partial charge in [-0.2, -0.15) is 0 Å². The molecule has 0 bridgehead atoms. The van der Waals surface area contributed by atoms with Gasteiger partial charge in [0.25, 0.3) is 5.69 Å². The SMILES string of the molecule is COc1ccc(N(C(=O)OC(C)(C)C)C2CCNCC2)c([N+](=O)[O-])c1. The number of methoxy groups -OCH3 is 1. The second kappa shape index (κ2) is 7.69. The zero-order chi connectivity index (χ0) is 18.6. The van der Waals surface area contributed by atoms with Crippen molar-refractivity contribution in [3.05, 3.63) is 28.3 Å². The van der Waals surface area contributed by atoms with Gasteiger partial charge >= 0.3 is 6.09 Å². The average molecular weight is 351 g/mol. The number of benzene rings is 1. The molecule has 1 aromatic carbocycles. The molecular formula is C17H25N3O5. The number of carbonyl (C=O) groups is 1. The molecule has 25 heavy (non-hydrogen) atoms. The molecule has 1 heterocycles. The average Bonchev–Trinajstić information content (AvgIpc) is 2.54. The first-order valence-corrected chi connectivity index (χ1v) is 8.28. The molecule has 1 saturated heterocycles. The number of nitro groups is 1. The van der Waals surface area contributed by atoms with Crippen molar-refractivity contribution in [2.24, 2.45) is 0 Å². The van der Waals surface area contributed by atoms with Crippen molar-refractivity contribution in [1.29, 1.82) is 0 Å². The predicted molar refractivity (Wildman–Crippen MR) is 94.3 cm³/mol. The van der Waals surface area contributed by atoms with Crippen molar-refractivity contribution in [2.75, 3.05) is 25.1 Å². The van der Waals surface area contributed by atoms with Crippen LogP contribution >= 0.6 is 0 Å². The van der Waals surface area contributed by atoms with Crippen LogP contribution in [0, 0.1) is 10.1 Å². The van der Waals surface area contributed by atoms with Crippen LogP contribution in [0.4, 0.5) is 16.2 Å². The van der Waals surface area contributed by atoms with E-state index >= 15 is 0 Å². The molecule has 0 spiro atoms. The van der Waals surface area contributed by atoms with Crippen molar-refractivity contribution in [1.82, 2.24) is 5.32 Å². The van der Waals surface area contributed by atoms with Gasteiger partial charge in [-0.05, 0) is 58.8 Å². The van der Waals surface area contributed by atoms with E-state index in [9.17, 15) is 14.9 Å². The van der Waals surface area contributed by atoms with E-state index < -0.39 is 16.6 Å². The van der Waals surface area contributed by atoms with Crippen molar-refractivity contribution >= 4 is 17.5 Å². The molecule has 2 rings (SSSR count). The zero-order valence-electron chi connectivity index (χ0n) is 15.1. The zero-order valence-corrected chi connectivity index (χ0v) is 15.1. The highest BCUT2D eigenvalue weighted by Crippen LogP contribution is 2.35. The fourth-order valence-corrected chi connectivity index (χ4v) is 2.80. The summed E-state index contributed by atoms with van der Waals surface area (Å²) in [6.07, 6.45) is 0.817. The molecule has 1 N–H and O–H groups in total. The summed E-state index contributed by atoms with van der Waals surface area (Å²) in [5.41, 5.74) is -0.639. The Kier molecular flexibility index (Phi) is 5.84. The molecule has 0 saturated carbocycles. The number of hydrogen-bond acceptors (Lipinski definition) is 6. The number of ether oxygens (including phenoxy) is 2. The second-order valence-corrected chi connectivity index (χ2v) is 6.94. The number of piperidine rings is 1. The molecule has 8 heteroatoms. The lowest BCUT2D eigenvalue weighted by Crippen LogP contribution is -2.48. The maximum absolute atomic E-state index is 12.8. The van der Waals surface area contributed by atoms with Crippen molar-refractivity contribution in [3.63, 3.8) is 0 Å². The fraction of sp³-hybridized carbons (Fsp3) is 0.588. The van der Waals surface area contributed by atoms with Crippen LogP contribution in [0.5, 0.6) is 5.75 Å². The van der Waals surface area contributed by atoms with Crippen LogP contribution in [0.1, 0.15) is 33.6 Å². The first-order chi connectivity index (χ1) is 11.7. The molecule has 0 unspecified atom stereocenters. The van der Waals surface area contributed by atoms with Crippen LogP contribution in [0.3, 0.4) is 0 Å². The van der Waals surface area contributed by atoms with Gasteiger partial charge in [-0.15, -0.1) is 0 Å². The minimum absolute atomic E-state index is 0.164. The number of rotatable bonds is 4. The largest absolute Gasteiger partial charge is 0.496 e. The minimum atomic E-state index is -0.691. The minimum Gasteiger partial charge on any atom is -0.496 e. The van der Waals surface area contributed by atoms with Crippen LogP contribution in [0.2, 0.25) is 0 Å². The van der Waals surface area contributed by atoms with Gasteiger partial charge in [-0.1, -0.05) is 0 Å². The van der Waals surface area contributed by atoms with E-state index in [0.29, 0.717) is 18.6 Å². The lowest BCUT2D eigenvalue weighted by Gasteiger charge is -2.35. The number of hydrogen-bond donors (Lipinski definition) is 1. The summed E-state index contributed by atoms with van der Waals surface area (Å²) in [7, 11) is 1.44. The van der Waals surface area contributed by atoms with Gasteiger partial charge in [0.1, 0.15) is 17.0 Å². The molecule has 0 radical (unpaired) electrons. The van der Waals surface area contributed by atoms with Crippen LogP contribution in [0.15, 0.2) is 18.2 Å². The smallest absolute Gasteiger partial charge is 0.415 e. The predicted octanol–water partition coefficient (Wildman–Crippen LogP) is 3.10. The first-order valence-electron chi connectivity index (χ1n) is 8.28. The number of nitrogens with one attached hydrogen (secondary N) is 1. The van der Waals surface area contributed by atoms with Crippen LogP contribution in [-0.4, -0.2) is 42.9 Å². The Labute approximate surface area is 147 Å². The third-order valence-electron chi connectivity index (χ3n) is 3.90. The third-order valence-corrected chi connectivity index (χ3v) is 3.90. The Morgan fingerprint density at radius 2 is 1.96 bits per heavy atom. The van der Waals surface area contributed by atoms with E-state index in [4.69, 9.17) is 9.47 Å². The highest BCUT2D eigenvalue weighted by Gasteiger charge is 2.34. The summed E-state index contributed by atoms with van der Waals surface area (Å²) in [5.74, 6) is 0.366. The van der Waals surface area contributed by atoms with E-state index in [1.54, 1.807) is 32.9 Å². The van der Waals surface area contributed by atoms with Crippen molar-refractivity contribution in [2.45, 2.75) is 45.3 Å². The fourth-order valence-electron chi connectivity index (χ4n) is 2.80. The monoisotopic (exact) mass is 351 g/mol. The molecule has 0 aromatic heterocycles. The lowest BCUT2D eigenvalue weighted by molar-refractivity contribution is -0.384. The Balaban J connectivity index is 2.47. The normalized spacial score (nSPS) is 15.5. The number of carbonyl (C=O) groups excluding carboxylic acids is 1. The van der Waals surface area contributed by atoms with Gasteiger partial charge in [-0.25, -0.2) is 4.79 Å². The molecule has 0 aliphatic carbocycles. The quantitative estimate of drug-likeness (QED) is 0.662. The molecular weight excluding hydrogens is 326 g/mol. The maximum Gasteiger partial charge on any atom is 0.415 e. The van der Waals surface area contributed by atoms with Gasteiger partial charge in [-0.3, -0.25) is 15.0 Å². The van der Waals surface area contributed by atoms with Gasteiger partial charge in [0.2, 0.25) is 0 Å². The standard InChI is InChI=1S/C17H25N3O5/c1-17(2,3)25-16(21)19(12-7-9-18-10-8-12)14-6-5-13(24-4)11-15(14)20(22)23/h5-6,11-12,18H,7-10H2,1-4H3. The molecule has 8 nitrogen and oxygen atoms in total. The summed E-state index contributed by atoms with van der Waals surface area (Å²) in [6, 6.07) is 4.32. The van der Waals surface area contributed by atoms with Crippen molar-refractivity contribution in [3.8, 4) is 5.75 Å². The lowest BCUT2D eigenvalue weighted by atomic mass is 10.0. The molecule has 0 atom stereocenters. The molecule has 138 valence electrons. The number of nitro benzene ring substituents is 1. The Hall–Kier alpha value is -2.35. The van der Waals surface area contributed by atoms with Gasteiger partial charge < -0.3 is 14.8 Å². The van der Waals surface area contributed by atoms with Crippen LogP contribution in [-0.2, 0) is 4.74 Å². The Morgan fingerprint density at radius 3 is 2.48 bits per heavy atom. The number of anilines is 1. The first kappa shape index (κ1) is 19.0. The maximum atomic E-state index is 12.8. The summed E-state index contributed by atoms with van der Waals surface area (Å²) < 4.78 is 10.6. The van der Waals surface area contributed by atoms with Crippen LogP contribution < -0.4 is 15.0 Å². The topological polar surface area (TPSA) is 93.9 Å². The van der Waals surface area contributed by atoms with Gasteiger partial charge in [0.05, 0.1) is 18.1 Å². The molecule has 1 amide bonds. The second-order valence-electron chi connectivity index (χ2n) is 6.94. The number of nitrogens with zero attached hydrogens (tertiary/aromatic N) is 2. The molecule has 1 aromatic rings. The molecule has 1 fully saturated rings. The summed E-state index contributed by atoms with van der Waals surface area (Å²) in [6.45, 7) is 6.80. The summed E-state index contributed by atoms with van der Waals surface area (Å²) >= 11 is 0. The van der Waals surface area contributed by atoms with Crippen LogP contribution in [0.25, 0.3) is 0 Å². The van der Waals surface area contributed by atoms with Gasteiger partial charge in [0.15, 0.2) is 0 Å². The highest BCUT2D eigenvalue weighted by molar-refractivity contribution is 5.92. The van der Waals surface area contributed by atoms with E-state index in [2.05, 4.69) is 5.32 Å².